The van der Waals surface area contributed by atoms with E-state index in [4.69, 9.17) is 4.74 Å². The zero-order valence-electron chi connectivity index (χ0n) is 17.3. The van der Waals surface area contributed by atoms with Crippen LogP contribution in [0.25, 0.3) is 0 Å². The van der Waals surface area contributed by atoms with Crippen molar-refractivity contribution in [2.24, 2.45) is 17.8 Å². The van der Waals surface area contributed by atoms with Gasteiger partial charge in [-0.15, -0.1) is 0 Å². The molecular weight excluding hydrogens is 354 g/mol. The van der Waals surface area contributed by atoms with Gasteiger partial charge in [0.05, 0.1) is 12.7 Å². The first-order valence-electron chi connectivity index (χ1n) is 10.4. The summed E-state index contributed by atoms with van der Waals surface area (Å²) in [6.07, 6.45) is 3.47. The molecule has 0 saturated carbocycles. The van der Waals surface area contributed by atoms with Crippen LogP contribution in [0.5, 0.6) is 0 Å². The van der Waals surface area contributed by atoms with E-state index < -0.39 is 0 Å². The fourth-order valence-electron chi connectivity index (χ4n) is 4.63. The van der Waals surface area contributed by atoms with Crippen LogP contribution in [0.4, 0.5) is 10.5 Å². The molecule has 2 fully saturated rings. The number of benzene rings is 1. The van der Waals surface area contributed by atoms with Crippen molar-refractivity contribution in [1.82, 2.24) is 9.80 Å². The number of likely N-dealkylation sites (tertiary alicyclic amines) is 2. The number of esters is 1. The first kappa shape index (κ1) is 20.6. The number of anilines is 1. The highest BCUT2D eigenvalue weighted by Gasteiger charge is 2.27. The van der Waals surface area contributed by atoms with Gasteiger partial charge in [0, 0.05) is 38.4 Å². The summed E-state index contributed by atoms with van der Waals surface area (Å²) in [6.45, 7) is 9.91. The van der Waals surface area contributed by atoms with Crippen LogP contribution in [0.1, 0.15) is 43.5 Å². The molecule has 0 aromatic heterocycles. The van der Waals surface area contributed by atoms with E-state index in [1.54, 1.807) is 24.3 Å². The standard InChI is InChI=1S/C22H33N3O3/c1-16-12-17(2)14-24(13-16)15-18-8-10-25(11-9-18)22(27)23-20-6-4-19(5-7-20)21(26)28-3/h4-7,16-18H,8-15H2,1-3H3,(H,23,27)/t16-,17-/m0/s1. The van der Waals surface area contributed by atoms with Gasteiger partial charge in [-0.2, -0.15) is 0 Å². The number of hydrogen-bond acceptors (Lipinski definition) is 4. The Labute approximate surface area is 168 Å². The molecule has 1 aromatic rings. The quantitative estimate of drug-likeness (QED) is 0.801. The highest BCUT2D eigenvalue weighted by Crippen LogP contribution is 2.25. The Balaban J connectivity index is 1.44. The number of nitrogens with one attached hydrogen (secondary N) is 1. The minimum absolute atomic E-state index is 0.0653. The number of rotatable bonds is 4. The van der Waals surface area contributed by atoms with Crippen molar-refractivity contribution in [3.63, 3.8) is 0 Å². The Hall–Kier alpha value is -2.08. The Bertz CT molecular complexity index is 658. The largest absolute Gasteiger partial charge is 0.465 e. The third kappa shape index (κ3) is 5.47. The summed E-state index contributed by atoms with van der Waals surface area (Å²) in [6, 6.07) is 6.72. The number of ether oxygens (including phenoxy) is 1. The molecule has 2 aliphatic heterocycles. The van der Waals surface area contributed by atoms with Crippen LogP contribution in [0, 0.1) is 17.8 Å². The lowest BCUT2D eigenvalue weighted by atomic mass is 9.89. The summed E-state index contributed by atoms with van der Waals surface area (Å²) < 4.78 is 4.69. The lowest BCUT2D eigenvalue weighted by molar-refractivity contribution is 0.0600. The molecule has 2 aliphatic rings. The molecule has 6 heteroatoms. The first-order valence-corrected chi connectivity index (χ1v) is 10.4. The average molecular weight is 388 g/mol. The molecular formula is C22H33N3O3. The van der Waals surface area contributed by atoms with Crippen molar-refractivity contribution in [1.29, 1.82) is 0 Å². The molecule has 1 aromatic carbocycles. The van der Waals surface area contributed by atoms with Crippen molar-refractivity contribution in [2.45, 2.75) is 33.1 Å². The lowest BCUT2D eigenvalue weighted by Crippen LogP contribution is -2.46. The molecule has 0 aliphatic carbocycles. The average Bonchev–Trinajstić information content (AvgIpc) is 2.67. The van der Waals surface area contributed by atoms with Crippen molar-refractivity contribution in [3.8, 4) is 0 Å². The summed E-state index contributed by atoms with van der Waals surface area (Å²) in [7, 11) is 1.36. The van der Waals surface area contributed by atoms with E-state index in [1.165, 1.54) is 33.2 Å². The van der Waals surface area contributed by atoms with Crippen molar-refractivity contribution < 1.29 is 14.3 Å². The smallest absolute Gasteiger partial charge is 0.337 e. The minimum atomic E-state index is -0.377. The lowest BCUT2D eigenvalue weighted by Gasteiger charge is -2.39. The monoisotopic (exact) mass is 387 g/mol. The van der Waals surface area contributed by atoms with Gasteiger partial charge < -0.3 is 19.9 Å². The van der Waals surface area contributed by atoms with Gasteiger partial charge in [0.15, 0.2) is 0 Å². The second-order valence-corrected chi connectivity index (χ2v) is 8.59. The van der Waals surface area contributed by atoms with Gasteiger partial charge >= 0.3 is 12.0 Å². The molecule has 2 amide bonds. The molecule has 3 rings (SSSR count). The van der Waals surface area contributed by atoms with Crippen molar-refractivity contribution in [2.75, 3.05) is 45.2 Å². The summed E-state index contributed by atoms with van der Waals surface area (Å²) >= 11 is 0. The van der Waals surface area contributed by atoms with Crippen molar-refractivity contribution in [3.05, 3.63) is 29.8 Å². The summed E-state index contributed by atoms with van der Waals surface area (Å²) in [5.41, 5.74) is 1.17. The number of nitrogens with zero attached hydrogens (tertiary/aromatic N) is 2. The van der Waals surface area contributed by atoms with Gasteiger partial charge in [-0.3, -0.25) is 0 Å². The number of methoxy groups -OCH3 is 1. The number of hydrogen-bond donors (Lipinski definition) is 1. The van der Waals surface area contributed by atoms with Gasteiger partial charge in [0.25, 0.3) is 0 Å². The normalized spacial score (nSPS) is 24.0. The minimum Gasteiger partial charge on any atom is -0.465 e. The maximum absolute atomic E-state index is 12.5. The molecule has 0 unspecified atom stereocenters. The van der Waals surface area contributed by atoms with Crippen molar-refractivity contribution >= 4 is 17.7 Å². The maximum atomic E-state index is 12.5. The van der Waals surface area contributed by atoms with Gasteiger partial charge in [-0.05, 0) is 61.3 Å². The molecule has 2 atom stereocenters. The molecule has 0 bridgehead atoms. The maximum Gasteiger partial charge on any atom is 0.337 e. The van der Waals surface area contributed by atoms with E-state index in [2.05, 4.69) is 24.1 Å². The van der Waals surface area contributed by atoms with Crippen LogP contribution in [0.15, 0.2) is 24.3 Å². The van der Waals surface area contributed by atoms with Gasteiger partial charge in [-0.25, -0.2) is 9.59 Å². The Morgan fingerprint density at radius 3 is 2.25 bits per heavy atom. The number of amides is 2. The molecule has 28 heavy (non-hydrogen) atoms. The topological polar surface area (TPSA) is 61.9 Å². The van der Waals surface area contributed by atoms with Crippen LogP contribution < -0.4 is 5.32 Å². The second-order valence-electron chi connectivity index (χ2n) is 8.59. The Morgan fingerprint density at radius 2 is 1.68 bits per heavy atom. The fraction of sp³-hybridized carbons (Fsp3) is 0.636. The molecule has 2 saturated heterocycles. The highest BCUT2D eigenvalue weighted by molar-refractivity contribution is 5.92. The van der Waals surface area contributed by atoms with E-state index in [1.807, 2.05) is 4.90 Å². The Kier molecular flexibility index (Phi) is 6.94. The zero-order valence-corrected chi connectivity index (χ0v) is 17.3. The number of carbonyl (C=O) groups is 2. The van der Waals surface area contributed by atoms with Gasteiger partial charge in [0.1, 0.15) is 0 Å². The zero-order chi connectivity index (χ0) is 20.1. The van der Waals surface area contributed by atoms with Gasteiger partial charge in [0.2, 0.25) is 0 Å². The molecule has 2 heterocycles. The third-order valence-corrected chi connectivity index (χ3v) is 5.92. The van der Waals surface area contributed by atoms with Crippen LogP contribution in [0.2, 0.25) is 0 Å². The van der Waals surface area contributed by atoms with Gasteiger partial charge in [-0.1, -0.05) is 13.8 Å². The van der Waals surface area contributed by atoms with E-state index in [9.17, 15) is 9.59 Å². The predicted octanol–water partition coefficient (Wildman–Crippen LogP) is 3.70. The second kappa shape index (κ2) is 9.41. The summed E-state index contributed by atoms with van der Waals surface area (Å²) in [4.78, 5) is 28.5. The van der Waals surface area contributed by atoms with Crippen LogP contribution in [0.3, 0.4) is 0 Å². The van der Waals surface area contributed by atoms with E-state index in [0.717, 1.165) is 37.8 Å². The van der Waals surface area contributed by atoms with E-state index in [0.29, 0.717) is 17.2 Å². The molecule has 0 spiro atoms. The predicted molar refractivity (Wildman–Crippen MR) is 110 cm³/mol. The summed E-state index contributed by atoms with van der Waals surface area (Å²) in [5, 5.41) is 2.93. The highest BCUT2D eigenvalue weighted by atomic mass is 16.5. The molecule has 0 radical (unpaired) electrons. The number of urea groups is 1. The summed E-state index contributed by atoms with van der Waals surface area (Å²) in [5.74, 6) is 1.89. The SMILES string of the molecule is COC(=O)c1ccc(NC(=O)N2CCC(CN3C[C@@H](C)C[C@H](C)C3)CC2)cc1. The number of piperidine rings is 2. The molecule has 6 nitrogen and oxygen atoms in total. The Morgan fingerprint density at radius 1 is 1.07 bits per heavy atom. The van der Waals surface area contributed by atoms with Crippen LogP contribution >= 0.6 is 0 Å². The third-order valence-electron chi connectivity index (χ3n) is 5.92. The fourth-order valence-corrected chi connectivity index (χ4v) is 4.63. The van der Waals surface area contributed by atoms with E-state index >= 15 is 0 Å². The molecule has 1 N–H and O–H groups in total. The first-order chi connectivity index (χ1) is 13.4. The van der Waals surface area contributed by atoms with E-state index in [-0.39, 0.29) is 12.0 Å². The van der Waals surface area contributed by atoms with Crippen LogP contribution in [-0.2, 0) is 4.74 Å². The molecule has 154 valence electrons. The number of carbonyl (C=O) groups excluding carboxylic acids is 2. The van der Waals surface area contributed by atoms with Crippen LogP contribution in [-0.4, -0.2) is 61.6 Å².